The smallest absolute Gasteiger partial charge is 0.0273 e. The van der Waals surface area contributed by atoms with E-state index in [0.717, 1.165) is 12.8 Å². The number of hydrogen-bond donors (Lipinski definition) is 0. The van der Waals surface area contributed by atoms with Gasteiger partial charge in [0, 0.05) is 7.05 Å². The molecule has 0 spiro atoms. The molecule has 0 radical (unpaired) electrons. The van der Waals surface area contributed by atoms with Crippen molar-refractivity contribution < 1.29 is 0 Å². The van der Waals surface area contributed by atoms with Gasteiger partial charge in [-0.15, -0.1) is 0 Å². The predicted octanol–water partition coefficient (Wildman–Crippen LogP) is 3.21. The first-order chi connectivity index (χ1) is 5.41. The SMILES string of the molecule is CC/C=C\CCCCC=NC. The van der Waals surface area contributed by atoms with E-state index in [9.17, 15) is 0 Å². The molecule has 0 fully saturated rings. The summed E-state index contributed by atoms with van der Waals surface area (Å²) in [4.78, 5) is 3.93. The van der Waals surface area contributed by atoms with E-state index in [0.29, 0.717) is 0 Å². The van der Waals surface area contributed by atoms with Crippen LogP contribution in [0.4, 0.5) is 0 Å². The average Bonchev–Trinajstić information content (AvgIpc) is 2.03. The fourth-order valence-corrected chi connectivity index (χ4v) is 0.911. The summed E-state index contributed by atoms with van der Waals surface area (Å²) in [5.41, 5.74) is 0. The number of aliphatic imine (C=N–C) groups is 1. The van der Waals surface area contributed by atoms with Gasteiger partial charge in [-0.1, -0.05) is 19.1 Å². The maximum atomic E-state index is 3.93. The molecular formula is C10H19N. The van der Waals surface area contributed by atoms with E-state index in [2.05, 4.69) is 24.1 Å². The topological polar surface area (TPSA) is 12.4 Å². The molecule has 0 heterocycles. The number of unbranched alkanes of at least 4 members (excludes halogenated alkanes) is 3. The molecule has 0 aromatic heterocycles. The normalized spacial score (nSPS) is 11.8. The van der Waals surface area contributed by atoms with Crippen molar-refractivity contribution in [2.24, 2.45) is 4.99 Å². The molecule has 0 amide bonds. The van der Waals surface area contributed by atoms with Gasteiger partial charge in [0.25, 0.3) is 0 Å². The van der Waals surface area contributed by atoms with Crippen LogP contribution in [0.2, 0.25) is 0 Å². The second-order valence-electron chi connectivity index (χ2n) is 2.60. The van der Waals surface area contributed by atoms with Crippen LogP contribution in [0.25, 0.3) is 0 Å². The van der Waals surface area contributed by atoms with Crippen molar-refractivity contribution in [1.29, 1.82) is 0 Å². The Kier molecular flexibility index (Phi) is 8.91. The van der Waals surface area contributed by atoms with Crippen LogP contribution < -0.4 is 0 Å². The maximum Gasteiger partial charge on any atom is 0.0273 e. The summed E-state index contributed by atoms with van der Waals surface area (Å²) in [6.45, 7) is 2.17. The zero-order valence-electron chi connectivity index (χ0n) is 7.71. The molecule has 0 unspecified atom stereocenters. The lowest BCUT2D eigenvalue weighted by atomic mass is 10.2. The van der Waals surface area contributed by atoms with Crippen LogP contribution in [0.1, 0.15) is 39.0 Å². The van der Waals surface area contributed by atoms with Crippen molar-refractivity contribution in [2.75, 3.05) is 7.05 Å². The third-order valence-corrected chi connectivity index (χ3v) is 1.54. The Morgan fingerprint density at radius 3 is 2.45 bits per heavy atom. The number of rotatable bonds is 6. The van der Waals surface area contributed by atoms with Crippen molar-refractivity contribution in [3.05, 3.63) is 12.2 Å². The summed E-state index contributed by atoms with van der Waals surface area (Å²) >= 11 is 0. The van der Waals surface area contributed by atoms with Gasteiger partial charge in [0.15, 0.2) is 0 Å². The third kappa shape index (κ3) is 9.41. The molecule has 0 rings (SSSR count). The van der Waals surface area contributed by atoms with E-state index in [-0.39, 0.29) is 0 Å². The van der Waals surface area contributed by atoms with Crippen molar-refractivity contribution >= 4 is 6.21 Å². The minimum absolute atomic E-state index is 1.14. The fourth-order valence-electron chi connectivity index (χ4n) is 0.911. The number of hydrogen-bond acceptors (Lipinski definition) is 1. The van der Waals surface area contributed by atoms with Gasteiger partial charge >= 0.3 is 0 Å². The van der Waals surface area contributed by atoms with Crippen LogP contribution in [-0.2, 0) is 0 Å². The monoisotopic (exact) mass is 153 g/mol. The molecule has 1 heteroatoms. The van der Waals surface area contributed by atoms with Crippen molar-refractivity contribution in [2.45, 2.75) is 39.0 Å². The molecule has 0 aliphatic carbocycles. The lowest BCUT2D eigenvalue weighted by Gasteiger charge is -1.91. The fraction of sp³-hybridized carbons (Fsp3) is 0.700. The quantitative estimate of drug-likeness (QED) is 0.315. The van der Waals surface area contributed by atoms with Gasteiger partial charge in [0.2, 0.25) is 0 Å². The molecule has 1 nitrogen and oxygen atoms in total. The molecule has 0 saturated heterocycles. The minimum atomic E-state index is 1.14. The highest BCUT2D eigenvalue weighted by Crippen LogP contribution is 1.99. The largest absolute Gasteiger partial charge is 0.301 e. The second kappa shape index (κ2) is 9.41. The van der Waals surface area contributed by atoms with Crippen molar-refractivity contribution in [3.63, 3.8) is 0 Å². The highest BCUT2D eigenvalue weighted by atomic mass is 14.6. The molecule has 0 saturated carbocycles. The van der Waals surface area contributed by atoms with Crippen molar-refractivity contribution in [1.82, 2.24) is 0 Å². The molecule has 0 N–H and O–H groups in total. The standard InChI is InChI=1S/C10H19N/c1-3-4-5-6-7-8-9-10-11-2/h4-5,10H,3,6-9H2,1-2H3/b5-4-,11-10?. The summed E-state index contributed by atoms with van der Waals surface area (Å²) in [7, 11) is 1.83. The van der Waals surface area contributed by atoms with Crippen LogP contribution in [0.3, 0.4) is 0 Å². The van der Waals surface area contributed by atoms with E-state index in [4.69, 9.17) is 0 Å². The summed E-state index contributed by atoms with van der Waals surface area (Å²) < 4.78 is 0. The van der Waals surface area contributed by atoms with Crippen molar-refractivity contribution in [3.8, 4) is 0 Å². The Morgan fingerprint density at radius 1 is 1.09 bits per heavy atom. The summed E-state index contributed by atoms with van der Waals surface area (Å²) in [5, 5.41) is 0. The van der Waals surface area contributed by atoms with E-state index < -0.39 is 0 Å². The first-order valence-corrected chi connectivity index (χ1v) is 4.47. The van der Waals surface area contributed by atoms with Crippen LogP contribution in [0, 0.1) is 0 Å². The number of allylic oxidation sites excluding steroid dienone is 2. The summed E-state index contributed by atoms with van der Waals surface area (Å²) in [6, 6.07) is 0. The Balaban J connectivity index is 2.96. The second-order valence-corrected chi connectivity index (χ2v) is 2.60. The van der Waals surface area contributed by atoms with Gasteiger partial charge in [0.05, 0.1) is 0 Å². The van der Waals surface area contributed by atoms with E-state index in [1.54, 1.807) is 0 Å². The Labute approximate surface area is 70.2 Å². The summed E-state index contributed by atoms with van der Waals surface area (Å²) in [5.74, 6) is 0. The molecule has 0 atom stereocenters. The number of nitrogens with zero attached hydrogens (tertiary/aromatic N) is 1. The Hall–Kier alpha value is -0.590. The first kappa shape index (κ1) is 10.4. The molecule has 0 aliphatic heterocycles. The highest BCUT2D eigenvalue weighted by molar-refractivity contribution is 5.56. The maximum absolute atomic E-state index is 3.93. The molecule has 64 valence electrons. The molecule has 0 bridgehead atoms. The minimum Gasteiger partial charge on any atom is -0.301 e. The molecule has 0 aromatic carbocycles. The Morgan fingerprint density at radius 2 is 1.82 bits per heavy atom. The zero-order valence-corrected chi connectivity index (χ0v) is 7.71. The molecular weight excluding hydrogens is 134 g/mol. The lowest BCUT2D eigenvalue weighted by molar-refractivity contribution is 0.781. The van der Waals surface area contributed by atoms with Gasteiger partial charge in [-0.2, -0.15) is 0 Å². The van der Waals surface area contributed by atoms with Crippen LogP contribution in [0.15, 0.2) is 17.1 Å². The van der Waals surface area contributed by atoms with Gasteiger partial charge in [-0.25, -0.2) is 0 Å². The predicted molar refractivity (Wildman–Crippen MR) is 52.3 cm³/mol. The third-order valence-electron chi connectivity index (χ3n) is 1.54. The highest BCUT2D eigenvalue weighted by Gasteiger charge is 1.82. The zero-order chi connectivity index (χ0) is 8.36. The lowest BCUT2D eigenvalue weighted by Crippen LogP contribution is -1.76. The molecule has 0 aromatic rings. The van der Waals surface area contributed by atoms with Gasteiger partial charge in [-0.3, -0.25) is 0 Å². The average molecular weight is 153 g/mol. The van der Waals surface area contributed by atoms with Crippen LogP contribution in [-0.4, -0.2) is 13.3 Å². The van der Waals surface area contributed by atoms with Gasteiger partial charge < -0.3 is 4.99 Å². The first-order valence-electron chi connectivity index (χ1n) is 4.47. The van der Waals surface area contributed by atoms with E-state index in [1.807, 2.05) is 13.3 Å². The van der Waals surface area contributed by atoms with E-state index in [1.165, 1.54) is 19.3 Å². The van der Waals surface area contributed by atoms with Crippen LogP contribution >= 0.6 is 0 Å². The summed E-state index contributed by atoms with van der Waals surface area (Å²) in [6.07, 6.45) is 12.6. The molecule has 0 aliphatic rings. The van der Waals surface area contributed by atoms with E-state index >= 15 is 0 Å². The van der Waals surface area contributed by atoms with Gasteiger partial charge in [-0.05, 0) is 38.3 Å². The Bertz CT molecular complexity index is 114. The van der Waals surface area contributed by atoms with Crippen LogP contribution in [0.5, 0.6) is 0 Å². The molecule has 11 heavy (non-hydrogen) atoms. The van der Waals surface area contributed by atoms with Gasteiger partial charge in [0.1, 0.15) is 0 Å².